The molecule has 0 saturated heterocycles. The molecule has 0 aliphatic heterocycles. The van der Waals surface area contributed by atoms with E-state index in [0.717, 1.165) is 32.7 Å². The maximum absolute atomic E-state index is 12.6. The Balaban J connectivity index is 1.38. The quantitative estimate of drug-likeness (QED) is 0.102. The lowest BCUT2D eigenvalue weighted by molar-refractivity contribution is -0.275. The Morgan fingerprint density at radius 3 is 1.46 bits per heavy atom. The average Bonchev–Trinajstić information content (AvgIpc) is 3.06. The lowest BCUT2D eigenvalue weighted by Crippen LogP contribution is -2.16. The van der Waals surface area contributed by atoms with Crippen molar-refractivity contribution < 1.29 is 50.5 Å². The Labute approximate surface area is 291 Å². The second kappa shape index (κ2) is 15.6. The fourth-order valence-corrected chi connectivity index (χ4v) is 5.94. The van der Waals surface area contributed by atoms with Crippen molar-refractivity contribution in [1.29, 1.82) is 0 Å². The number of carboxylic acid groups (broad SMARTS) is 1. The number of halogens is 7. The number of rotatable bonds is 12. The molecule has 13 heteroatoms. The van der Waals surface area contributed by atoms with Gasteiger partial charge in [0.25, 0.3) is 0 Å². The molecule has 0 heterocycles. The van der Waals surface area contributed by atoms with Gasteiger partial charge in [0.15, 0.2) is 6.61 Å². The lowest BCUT2D eigenvalue weighted by atomic mass is 9.94. The summed E-state index contributed by atoms with van der Waals surface area (Å²) in [5, 5.41) is 9.12. The van der Waals surface area contributed by atoms with E-state index in [0.29, 0.717) is 16.9 Å². The second-order valence-electron chi connectivity index (χ2n) is 10.5. The van der Waals surface area contributed by atoms with E-state index in [1.165, 1.54) is 60.3 Å². The maximum atomic E-state index is 12.6. The molecule has 0 unspecified atom stereocenters. The van der Waals surface area contributed by atoms with E-state index in [1.54, 1.807) is 18.2 Å². The van der Waals surface area contributed by atoms with Crippen molar-refractivity contribution in [2.75, 3.05) is 12.4 Å². The number of hydrogen-bond acceptors (Lipinski definition) is 5. The predicted molar refractivity (Wildman–Crippen MR) is 180 cm³/mol. The smallest absolute Gasteiger partial charge is 0.480 e. The van der Waals surface area contributed by atoms with Crippen LogP contribution in [0, 0.1) is 0 Å². The Morgan fingerprint density at radius 1 is 0.660 bits per heavy atom. The van der Waals surface area contributed by atoms with Gasteiger partial charge in [-0.05, 0) is 81.4 Å². The van der Waals surface area contributed by atoms with E-state index in [1.807, 2.05) is 54.6 Å². The third-order valence-corrected chi connectivity index (χ3v) is 8.24. The first kappa shape index (κ1) is 36.2. The minimum atomic E-state index is -4.79. The van der Waals surface area contributed by atoms with Crippen LogP contribution >= 0.6 is 23.4 Å². The minimum Gasteiger partial charge on any atom is -0.480 e. The molecule has 0 aliphatic rings. The summed E-state index contributed by atoms with van der Waals surface area (Å²) >= 11 is 7.77. The number of alkyl halides is 6. The first-order valence-corrected chi connectivity index (χ1v) is 16.0. The molecule has 0 atom stereocenters. The third-order valence-electron chi connectivity index (χ3n) is 7.03. The molecule has 0 spiro atoms. The van der Waals surface area contributed by atoms with Crippen LogP contribution in [0.4, 0.5) is 26.3 Å². The van der Waals surface area contributed by atoms with Crippen LogP contribution < -0.4 is 14.2 Å². The van der Waals surface area contributed by atoms with Gasteiger partial charge in [-0.2, -0.15) is 0 Å². The lowest BCUT2D eigenvalue weighted by Gasteiger charge is -2.13. The van der Waals surface area contributed by atoms with Gasteiger partial charge in [0.05, 0.1) is 5.02 Å². The molecule has 5 aromatic rings. The SMILES string of the molecule is O=C(O)COc1ccc(SCC=C(c2ccc(-c3ccc(OC(F)(F)F)cc3)cc2)c2ccc(-c3ccc(OC(F)(F)F)cc3)cc2)cc1Cl. The second-order valence-corrected chi connectivity index (χ2v) is 12.0. The number of carbonyl (C=O) groups is 1. The van der Waals surface area contributed by atoms with E-state index in [4.69, 9.17) is 21.4 Å². The normalized spacial score (nSPS) is 11.5. The Kier molecular flexibility index (Phi) is 11.3. The van der Waals surface area contributed by atoms with Crippen molar-refractivity contribution in [2.45, 2.75) is 17.6 Å². The summed E-state index contributed by atoms with van der Waals surface area (Å²) in [6, 6.07) is 31.1. The van der Waals surface area contributed by atoms with Gasteiger partial charge in [-0.25, -0.2) is 4.79 Å². The molecular formula is C37H25ClF6O5S. The summed E-state index contributed by atoms with van der Waals surface area (Å²) < 4.78 is 88.5. The average molecular weight is 731 g/mol. The molecule has 0 aromatic heterocycles. The number of ether oxygens (including phenoxy) is 3. The van der Waals surface area contributed by atoms with Gasteiger partial charge in [0.1, 0.15) is 17.2 Å². The number of carboxylic acids is 1. The highest BCUT2D eigenvalue weighted by Crippen LogP contribution is 2.34. The fraction of sp³-hybridized carbons (Fsp3) is 0.108. The van der Waals surface area contributed by atoms with Crippen molar-refractivity contribution in [3.05, 3.63) is 137 Å². The highest BCUT2D eigenvalue weighted by atomic mass is 35.5. The van der Waals surface area contributed by atoms with Crippen LogP contribution in [0.3, 0.4) is 0 Å². The predicted octanol–water partition coefficient (Wildman–Crippen LogP) is 11.2. The highest BCUT2D eigenvalue weighted by molar-refractivity contribution is 7.99. The third kappa shape index (κ3) is 10.5. The zero-order valence-corrected chi connectivity index (χ0v) is 27.2. The summed E-state index contributed by atoms with van der Waals surface area (Å²) in [7, 11) is 0. The molecule has 0 amide bonds. The zero-order valence-electron chi connectivity index (χ0n) is 25.6. The molecule has 5 nitrogen and oxygen atoms in total. The van der Waals surface area contributed by atoms with Crippen LogP contribution in [-0.2, 0) is 4.79 Å². The number of aliphatic carboxylic acids is 1. The van der Waals surface area contributed by atoms with Crippen molar-refractivity contribution in [3.63, 3.8) is 0 Å². The van der Waals surface area contributed by atoms with E-state index in [9.17, 15) is 31.1 Å². The van der Waals surface area contributed by atoms with Crippen LogP contribution in [0.15, 0.2) is 126 Å². The van der Waals surface area contributed by atoms with Crippen LogP contribution in [0.5, 0.6) is 17.2 Å². The summed E-state index contributed by atoms with van der Waals surface area (Å²) in [5.41, 5.74) is 5.49. The van der Waals surface area contributed by atoms with Gasteiger partial charge in [-0.15, -0.1) is 38.1 Å². The number of hydrogen-bond donors (Lipinski definition) is 1. The molecule has 0 fully saturated rings. The van der Waals surface area contributed by atoms with Crippen molar-refractivity contribution in [3.8, 4) is 39.5 Å². The van der Waals surface area contributed by atoms with Crippen LogP contribution in [0.25, 0.3) is 27.8 Å². The standard InChI is InChI=1S/C37H25ClF6O5S/c38-33-21-31(17-18-34(33)47-22-35(45)46)50-20-19-32(27-5-1-23(2-6-27)25-9-13-29(14-10-25)48-36(39,40)41)28-7-3-24(4-8-28)26-11-15-30(16-12-26)49-37(42,43)44/h1-19,21H,20,22H2,(H,45,46). The van der Waals surface area contributed by atoms with Crippen molar-refractivity contribution in [1.82, 2.24) is 0 Å². The first-order valence-electron chi connectivity index (χ1n) is 14.6. The molecule has 258 valence electrons. The molecule has 0 aliphatic carbocycles. The van der Waals surface area contributed by atoms with Gasteiger partial charge in [-0.3, -0.25) is 0 Å². The molecule has 0 bridgehead atoms. The molecule has 50 heavy (non-hydrogen) atoms. The van der Waals surface area contributed by atoms with Crippen LogP contribution in [0.1, 0.15) is 11.1 Å². The van der Waals surface area contributed by atoms with Gasteiger partial charge < -0.3 is 19.3 Å². The molecule has 5 rings (SSSR count). The Hall–Kier alpha value is -5.07. The van der Waals surface area contributed by atoms with E-state index in [2.05, 4.69) is 9.47 Å². The van der Waals surface area contributed by atoms with E-state index in [-0.39, 0.29) is 22.3 Å². The minimum absolute atomic E-state index is 0.250. The van der Waals surface area contributed by atoms with Gasteiger partial charge >= 0.3 is 18.7 Å². The van der Waals surface area contributed by atoms with Gasteiger partial charge in [0.2, 0.25) is 0 Å². The molecule has 0 radical (unpaired) electrons. The number of benzene rings is 5. The number of thioether (sulfide) groups is 1. The molecular weight excluding hydrogens is 706 g/mol. The van der Waals surface area contributed by atoms with Gasteiger partial charge in [-0.1, -0.05) is 90.5 Å². The van der Waals surface area contributed by atoms with Crippen molar-refractivity contribution >= 4 is 34.9 Å². The molecule has 5 aromatic carbocycles. The van der Waals surface area contributed by atoms with E-state index < -0.39 is 25.3 Å². The maximum Gasteiger partial charge on any atom is 0.573 e. The summed E-state index contributed by atoms with van der Waals surface area (Å²) in [5.74, 6) is -1.01. The molecule has 1 N–H and O–H groups in total. The van der Waals surface area contributed by atoms with Crippen molar-refractivity contribution in [2.24, 2.45) is 0 Å². The summed E-state index contributed by atoms with van der Waals surface area (Å²) in [6.45, 7) is -0.522. The summed E-state index contributed by atoms with van der Waals surface area (Å²) in [4.78, 5) is 11.6. The van der Waals surface area contributed by atoms with E-state index >= 15 is 0 Å². The topological polar surface area (TPSA) is 65.0 Å². The van der Waals surface area contributed by atoms with Crippen LogP contribution in [0.2, 0.25) is 5.02 Å². The van der Waals surface area contributed by atoms with Crippen LogP contribution in [-0.4, -0.2) is 36.2 Å². The Morgan fingerprint density at radius 2 is 1.08 bits per heavy atom. The first-order chi connectivity index (χ1) is 23.7. The Bertz CT molecular complexity index is 1840. The van der Waals surface area contributed by atoms with Gasteiger partial charge in [0, 0.05) is 10.6 Å². The largest absolute Gasteiger partial charge is 0.573 e. The highest BCUT2D eigenvalue weighted by Gasteiger charge is 2.31. The fourth-order valence-electron chi connectivity index (χ4n) is 4.83. The monoisotopic (exact) mass is 730 g/mol. The molecule has 0 saturated carbocycles. The summed E-state index contributed by atoms with van der Waals surface area (Å²) in [6.07, 6.45) is -7.56. The zero-order chi connectivity index (χ0) is 35.9.